The van der Waals surface area contributed by atoms with Gasteiger partial charge in [-0.2, -0.15) is 5.26 Å². The molecule has 0 aromatic carbocycles. The largest absolute Gasteiger partial charge is 0.471 e. The van der Waals surface area contributed by atoms with Gasteiger partial charge in [0, 0.05) is 18.7 Å². The van der Waals surface area contributed by atoms with Crippen LogP contribution in [0.1, 0.15) is 31.7 Å². The molecule has 1 saturated heterocycles. The van der Waals surface area contributed by atoms with Crippen LogP contribution in [-0.2, 0) is 4.79 Å². The summed E-state index contributed by atoms with van der Waals surface area (Å²) in [4.78, 5) is 17.5. The van der Waals surface area contributed by atoms with E-state index in [1.807, 2.05) is 11.0 Å². The van der Waals surface area contributed by atoms with Crippen LogP contribution in [0.15, 0.2) is 18.3 Å². The predicted octanol–water partition coefficient (Wildman–Crippen LogP) is 1.73. The number of unbranched alkanes of at least 4 members (excludes halogenated alkanes) is 1. The van der Waals surface area contributed by atoms with E-state index < -0.39 is 0 Å². The Kier molecular flexibility index (Phi) is 4.35. The van der Waals surface area contributed by atoms with Crippen LogP contribution < -0.4 is 4.74 Å². The molecule has 5 nitrogen and oxygen atoms in total. The van der Waals surface area contributed by atoms with E-state index in [2.05, 4.69) is 11.9 Å². The summed E-state index contributed by atoms with van der Waals surface area (Å²) < 4.78 is 5.62. The molecule has 1 aliphatic rings. The minimum absolute atomic E-state index is 0.0195. The lowest BCUT2D eigenvalue weighted by Crippen LogP contribution is -2.56. The van der Waals surface area contributed by atoms with Crippen molar-refractivity contribution in [1.29, 1.82) is 5.26 Å². The van der Waals surface area contributed by atoms with Crippen LogP contribution in [0, 0.1) is 11.3 Å². The Morgan fingerprint density at radius 3 is 2.95 bits per heavy atom. The minimum atomic E-state index is 0.0195. The molecule has 0 radical (unpaired) electrons. The summed E-state index contributed by atoms with van der Waals surface area (Å²) in [6.07, 6.45) is 4.11. The van der Waals surface area contributed by atoms with Gasteiger partial charge >= 0.3 is 0 Å². The highest BCUT2D eigenvalue weighted by Gasteiger charge is 2.31. The number of nitriles is 1. The van der Waals surface area contributed by atoms with Crippen molar-refractivity contribution in [3.63, 3.8) is 0 Å². The summed E-state index contributed by atoms with van der Waals surface area (Å²) >= 11 is 0. The highest BCUT2D eigenvalue weighted by molar-refractivity contribution is 5.77. The molecule has 1 aromatic heterocycles. The second-order valence-corrected chi connectivity index (χ2v) is 4.64. The maximum Gasteiger partial charge on any atom is 0.222 e. The maximum atomic E-state index is 11.7. The van der Waals surface area contributed by atoms with Crippen molar-refractivity contribution in [3.8, 4) is 11.9 Å². The van der Waals surface area contributed by atoms with Gasteiger partial charge in [0.25, 0.3) is 0 Å². The molecule has 2 rings (SSSR count). The van der Waals surface area contributed by atoms with Gasteiger partial charge in [0.2, 0.25) is 11.8 Å². The Balaban J connectivity index is 1.75. The Labute approximate surface area is 112 Å². The Morgan fingerprint density at radius 2 is 2.37 bits per heavy atom. The van der Waals surface area contributed by atoms with Crippen LogP contribution in [0.4, 0.5) is 0 Å². The topological polar surface area (TPSA) is 66.2 Å². The summed E-state index contributed by atoms with van der Waals surface area (Å²) in [6.45, 7) is 3.33. The van der Waals surface area contributed by atoms with Gasteiger partial charge in [-0.3, -0.25) is 4.79 Å². The van der Waals surface area contributed by atoms with Crippen LogP contribution in [0.25, 0.3) is 0 Å². The summed E-state index contributed by atoms with van der Waals surface area (Å²) in [5, 5.41) is 8.66. The van der Waals surface area contributed by atoms with Gasteiger partial charge < -0.3 is 9.64 Å². The number of amides is 1. The third-order valence-corrected chi connectivity index (χ3v) is 3.10. The van der Waals surface area contributed by atoms with Crippen LogP contribution >= 0.6 is 0 Å². The second kappa shape index (κ2) is 6.19. The lowest BCUT2D eigenvalue weighted by molar-refractivity contribution is -0.140. The van der Waals surface area contributed by atoms with E-state index >= 15 is 0 Å². The molecule has 1 amide bonds. The first-order valence-corrected chi connectivity index (χ1v) is 6.53. The monoisotopic (exact) mass is 259 g/mol. The van der Waals surface area contributed by atoms with E-state index in [-0.39, 0.29) is 12.0 Å². The number of hydrogen-bond donors (Lipinski definition) is 0. The number of nitrogens with zero attached hydrogens (tertiary/aromatic N) is 3. The van der Waals surface area contributed by atoms with Crippen LogP contribution in [0.3, 0.4) is 0 Å². The molecule has 5 heteroatoms. The van der Waals surface area contributed by atoms with Crippen LogP contribution in [-0.4, -0.2) is 35.0 Å². The summed E-state index contributed by atoms with van der Waals surface area (Å²) in [5.74, 6) is 0.708. The smallest absolute Gasteiger partial charge is 0.222 e. The molecule has 0 unspecified atom stereocenters. The molecule has 1 aliphatic heterocycles. The van der Waals surface area contributed by atoms with E-state index in [0.29, 0.717) is 31.0 Å². The lowest BCUT2D eigenvalue weighted by Gasteiger charge is -2.38. The molecule has 0 saturated carbocycles. The minimum Gasteiger partial charge on any atom is -0.471 e. The molecule has 0 aliphatic carbocycles. The first-order valence-electron chi connectivity index (χ1n) is 6.53. The second-order valence-electron chi connectivity index (χ2n) is 4.64. The van der Waals surface area contributed by atoms with E-state index in [1.165, 1.54) is 6.20 Å². The lowest BCUT2D eigenvalue weighted by atomic mass is 10.1. The SMILES string of the molecule is CCCCC(=O)N1CC(Oc2ccc(C#N)cn2)C1. The molecule has 0 spiro atoms. The Morgan fingerprint density at radius 1 is 1.58 bits per heavy atom. The van der Waals surface area contributed by atoms with Gasteiger partial charge in [-0.15, -0.1) is 0 Å². The number of hydrogen-bond acceptors (Lipinski definition) is 4. The summed E-state index contributed by atoms with van der Waals surface area (Å²) in [7, 11) is 0. The van der Waals surface area contributed by atoms with Crippen molar-refractivity contribution in [2.24, 2.45) is 0 Å². The highest BCUT2D eigenvalue weighted by Crippen LogP contribution is 2.17. The van der Waals surface area contributed by atoms with E-state index in [1.54, 1.807) is 12.1 Å². The van der Waals surface area contributed by atoms with Gasteiger partial charge in [0.05, 0.1) is 18.7 Å². The van der Waals surface area contributed by atoms with E-state index in [9.17, 15) is 4.79 Å². The quantitative estimate of drug-likeness (QED) is 0.807. The molecule has 0 N–H and O–H groups in total. The number of aromatic nitrogens is 1. The third-order valence-electron chi connectivity index (χ3n) is 3.10. The molecule has 1 fully saturated rings. The number of carbonyl (C=O) groups excluding carboxylic acids is 1. The Bertz CT molecular complexity index is 472. The zero-order valence-corrected chi connectivity index (χ0v) is 11.0. The Hall–Kier alpha value is -2.09. The van der Waals surface area contributed by atoms with Gasteiger partial charge in [-0.25, -0.2) is 4.98 Å². The molecule has 2 heterocycles. The number of carbonyl (C=O) groups is 1. The molecule has 0 bridgehead atoms. The number of ether oxygens (including phenoxy) is 1. The fraction of sp³-hybridized carbons (Fsp3) is 0.500. The standard InChI is InChI=1S/C14H17N3O2/c1-2-3-4-14(18)17-9-12(10-17)19-13-6-5-11(7-15)8-16-13/h5-6,8,12H,2-4,9-10H2,1H3. The van der Waals surface area contributed by atoms with Gasteiger partial charge in [-0.05, 0) is 12.5 Å². The normalized spacial score (nSPS) is 14.6. The zero-order chi connectivity index (χ0) is 13.7. The van der Waals surface area contributed by atoms with Crippen LogP contribution in [0.5, 0.6) is 5.88 Å². The number of likely N-dealkylation sites (tertiary alicyclic amines) is 1. The fourth-order valence-electron chi connectivity index (χ4n) is 1.89. The number of rotatable bonds is 5. The molecule has 100 valence electrons. The highest BCUT2D eigenvalue weighted by atomic mass is 16.5. The average Bonchev–Trinajstić information content (AvgIpc) is 2.40. The van der Waals surface area contributed by atoms with Gasteiger partial charge in [0.1, 0.15) is 12.2 Å². The van der Waals surface area contributed by atoms with Crippen LogP contribution in [0.2, 0.25) is 0 Å². The van der Waals surface area contributed by atoms with E-state index in [4.69, 9.17) is 10.00 Å². The van der Waals surface area contributed by atoms with Crippen molar-refractivity contribution in [2.75, 3.05) is 13.1 Å². The first kappa shape index (κ1) is 13.3. The van der Waals surface area contributed by atoms with Crippen molar-refractivity contribution in [1.82, 2.24) is 9.88 Å². The van der Waals surface area contributed by atoms with Gasteiger partial charge in [-0.1, -0.05) is 13.3 Å². The first-order chi connectivity index (χ1) is 9.22. The summed E-state index contributed by atoms with van der Waals surface area (Å²) in [5.41, 5.74) is 0.511. The van der Waals surface area contributed by atoms with Crippen molar-refractivity contribution < 1.29 is 9.53 Å². The fourth-order valence-corrected chi connectivity index (χ4v) is 1.89. The van der Waals surface area contributed by atoms with E-state index in [0.717, 1.165) is 12.8 Å². The maximum absolute atomic E-state index is 11.7. The molecule has 1 aromatic rings. The molecular weight excluding hydrogens is 242 g/mol. The predicted molar refractivity (Wildman–Crippen MR) is 69.5 cm³/mol. The number of pyridine rings is 1. The zero-order valence-electron chi connectivity index (χ0n) is 11.0. The summed E-state index contributed by atoms with van der Waals surface area (Å²) in [6, 6.07) is 5.36. The van der Waals surface area contributed by atoms with Crippen molar-refractivity contribution >= 4 is 5.91 Å². The third kappa shape index (κ3) is 3.44. The van der Waals surface area contributed by atoms with Gasteiger partial charge in [0.15, 0.2) is 0 Å². The van der Waals surface area contributed by atoms with Crippen molar-refractivity contribution in [3.05, 3.63) is 23.9 Å². The average molecular weight is 259 g/mol. The van der Waals surface area contributed by atoms with Crippen molar-refractivity contribution in [2.45, 2.75) is 32.3 Å². The molecular formula is C14H17N3O2. The molecule has 0 atom stereocenters. The molecule has 19 heavy (non-hydrogen) atoms.